The predicted octanol–water partition coefficient (Wildman–Crippen LogP) is 2.15. The first-order chi connectivity index (χ1) is 8.81. The van der Waals surface area contributed by atoms with Crippen molar-refractivity contribution in [3.63, 3.8) is 0 Å². The highest BCUT2D eigenvalue weighted by atomic mass is 16.5. The van der Waals surface area contributed by atoms with Crippen molar-refractivity contribution in [2.45, 2.75) is 6.42 Å². The highest BCUT2D eigenvalue weighted by Crippen LogP contribution is 2.16. The lowest BCUT2D eigenvalue weighted by atomic mass is 10.1. The summed E-state index contributed by atoms with van der Waals surface area (Å²) in [5.74, 6) is 0. The van der Waals surface area contributed by atoms with Crippen LogP contribution in [-0.2, 0) is 11.2 Å². The number of benzene rings is 1. The zero-order chi connectivity index (χ0) is 12.8. The summed E-state index contributed by atoms with van der Waals surface area (Å²) in [6.07, 6.45) is 5.40. The van der Waals surface area contributed by atoms with Crippen LogP contribution in [0.1, 0.15) is 5.56 Å². The Balaban J connectivity index is 2.11. The smallest absolute Gasteiger partial charge is 0.331 e. The van der Waals surface area contributed by atoms with Crippen LogP contribution in [0.25, 0.3) is 0 Å². The summed E-state index contributed by atoms with van der Waals surface area (Å²) in [5, 5.41) is 2.85. The summed E-state index contributed by atoms with van der Waals surface area (Å²) < 4.78 is 6.45. The van der Waals surface area contributed by atoms with Gasteiger partial charge in [0.15, 0.2) is 0 Å². The number of ether oxygens (including phenoxy) is 1. The second-order valence-corrected chi connectivity index (χ2v) is 3.80. The van der Waals surface area contributed by atoms with E-state index in [2.05, 4.69) is 10.3 Å². The molecule has 0 aliphatic heterocycles. The average molecular weight is 245 g/mol. The van der Waals surface area contributed by atoms with E-state index in [0.717, 1.165) is 17.7 Å². The lowest BCUT2D eigenvalue weighted by Gasteiger charge is -2.10. The van der Waals surface area contributed by atoms with Gasteiger partial charge in [-0.2, -0.15) is 0 Å². The van der Waals surface area contributed by atoms with Crippen LogP contribution in [0.4, 0.5) is 10.5 Å². The first-order valence-electron chi connectivity index (χ1n) is 5.67. The fourth-order valence-electron chi connectivity index (χ4n) is 1.63. The molecule has 0 fully saturated rings. The van der Waals surface area contributed by atoms with Gasteiger partial charge in [0.05, 0.1) is 6.61 Å². The van der Waals surface area contributed by atoms with Crippen LogP contribution < -0.4 is 5.32 Å². The summed E-state index contributed by atoms with van der Waals surface area (Å²) in [4.78, 5) is 15.7. The van der Waals surface area contributed by atoms with Crippen molar-refractivity contribution >= 4 is 11.7 Å². The van der Waals surface area contributed by atoms with E-state index in [1.54, 1.807) is 19.5 Å². The van der Waals surface area contributed by atoms with E-state index in [1.807, 2.05) is 24.3 Å². The molecule has 2 aromatic rings. The van der Waals surface area contributed by atoms with E-state index >= 15 is 0 Å². The molecule has 0 bridgehead atoms. The van der Waals surface area contributed by atoms with E-state index in [0.29, 0.717) is 6.61 Å². The summed E-state index contributed by atoms with van der Waals surface area (Å²) in [6, 6.07) is 7.46. The number of amides is 1. The van der Waals surface area contributed by atoms with Gasteiger partial charge in [0.25, 0.3) is 0 Å². The summed E-state index contributed by atoms with van der Waals surface area (Å²) in [5.41, 5.74) is 1.85. The van der Waals surface area contributed by atoms with Crippen LogP contribution in [0.2, 0.25) is 0 Å². The van der Waals surface area contributed by atoms with E-state index in [-0.39, 0.29) is 6.03 Å². The number of aromatic nitrogens is 2. The lowest BCUT2D eigenvalue weighted by Crippen LogP contribution is -2.18. The zero-order valence-corrected chi connectivity index (χ0v) is 10.2. The van der Waals surface area contributed by atoms with Gasteiger partial charge in [0, 0.05) is 25.2 Å². The number of imidazole rings is 1. The molecule has 1 N–H and O–H groups in total. The maximum absolute atomic E-state index is 11.9. The number of hydrogen-bond acceptors (Lipinski definition) is 3. The van der Waals surface area contributed by atoms with Gasteiger partial charge in [0.1, 0.15) is 6.33 Å². The molecule has 0 saturated heterocycles. The topological polar surface area (TPSA) is 56.1 Å². The number of para-hydroxylation sites is 1. The fourth-order valence-corrected chi connectivity index (χ4v) is 1.63. The van der Waals surface area contributed by atoms with Gasteiger partial charge in [0.2, 0.25) is 0 Å². The van der Waals surface area contributed by atoms with Crippen molar-refractivity contribution in [3.05, 3.63) is 48.5 Å². The number of nitrogens with zero attached hydrogens (tertiary/aromatic N) is 2. The van der Waals surface area contributed by atoms with E-state index in [4.69, 9.17) is 4.74 Å². The van der Waals surface area contributed by atoms with Crippen molar-refractivity contribution in [1.29, 1.82) is 0 Å². The van der Waals surface area contributed by atoms with Crippen molar-refractivity contribution in [2.24, 2.45) is 0 Å². The Hall–Kier alpha value is -2.14. The molecule has 0 unspecified atom stereocenters. The van der Waals surface area contributed by atoms with Gasteiger partial charge in [-0.25, -0.2) is 9.78 Å². The number of nitrogens with one attached hydrogen (secondary N) is 1. The second kappa shape index (κ2) is 5.97. The molecule has 2 rings (SSSR count). The Morgan fingerprint density at radius 2 is 2.28 bits per heavy atom. The average Bonchev–Trinajstić information content (AvgIpc) is 2.91. The summed E-state index contributed by atoms with van der Waals surface area (Å²) >= 11 is 0. The highest BCUT2D eigenvalue weighted by Gasteiger charge is 2.07. The fraction of sp³-hybridized carbons (Fsp3) is 0.231. The molecule has 0 spiro atoms. The van der Waals surface area contributed by atoms with E-state index in [9.17, 15) is 4.79 Å². The number of methoxy groups -OCH3 is 1. The first-order valence-corrected chi connectivity index (χ1v) is 5.67. The van der Waals surface area contributed by atoms with E-state index in [1.165, 1.54) is 10.9 Å². The lowest BCUT2D eigenvalue weighted by molar-refractivity contribution is 0.202. The van der Waals surface area contributed by atoms with Crippen LogP contribution in [0.5, 0.6) is 0 Å². The molecule has 1 heterocycles. The van der Waals surface area contributed by atoms with Crippen LogP contribution in [0.3, 0.4) is 0 Å². The Labute approximate surface area is 105 Å². The Bertz CT molecular complexity index is 509. The van der Waals surface area contributed by atoms with Gasteiger partial charge in [-0.15, -0.1) is 0 Å². The maximum atomic E-state index is 11.9. The third kappa shape index (κ3) is 2.95. The van der Waals surface area contributed by atoms with E-state index < -0.39 is 0 Å². The van der Waals surface area contributed by atoms with Gasteiger partial charge >= 0.3 is 6.03 Å². The molecule has 1 aromatic heterocycles. The predicted molar refractivity (Wildman–Crippen MR) is 68.7 cm³/mol. The van der Waals surface area contributed by atoms with Crippen molar-refractivity contribution in [1.82, 2.24) is 9.55 Å². The van der Waals surface area contributed by atoms with Gasteiger partial charge < -0.3 is 10.1 Å². The quantitative estimate of drug-likeness (QED) is 0.898. The monoisotopic (exact) mass is 245 g/mol. The third-order valence-corrected chi connectivity index (χ3v) is 2.57. The molecule has 0 atom stereocenters. The molecule has 1 amide bonds. The Morgan fingerprint density at radius 3 is 3.00 bits per heavy atom. The minimum absolute atomic E-state index is 0.225. The SMILES string of the molecule is COCCc1ccccc1NC(=O)n1ccnc1. The summed E-state index contributed by atoms with van der Waals surface area (Å²) in [7, 11) is 1.66. The first kappa shape index (κ1) is 12.3. The number of carbonyl (C=O) groups is 1. The van der Waals surface area contributed by atoms with Crippen LogP contribution >= 0.6 is 0 Å². The molecule has 0 radical (unpaired) electrons. The largest absolute Gasteiger partial charge is 0.384 e. The molecule has 18 heavy (non-hydrogen) atoms. The highest BCUT2D eigenvalue weighted by molar-refractivity contribution is 5.91. The molecule has 5 nitrogen and oxygen atoms in total. The van der Waals surface area contributed by atoms with Gasteiger partial charge in [-0.05, 0) is 18.1 Å². The van der Waals surface area contributed by atoms with Crippen LogP contribution in [0, 0.1) is 0 Å². The zero-order valence-electron chi connectivity index (χ0n) is 10.2. The minimum atomic E-state index is -0.225. The standard InChI is InChI=1S/C13H15N3O2/c1-18-9-6-11-4-2-3-5-12(11)15-13(17)16-8-7-14-10-16/h2-5,7-8,10H,6,9H2,1H3,(H,15,17). The maximum Gasteiger partial charge on any atom is 0.331 e. The van der Waals surface area contributed by atoms with Crippen LogP contribution in [0.15, 0.2) is 43.0 Å². The molecular weight excluding hydrogens is 230 g/mol. The van der Waals surface area contributed by atoms with Crippen LogP contribution in [-0.4, -0.2) is 29.3 Å². The van der Waals surface area contributed by atoms with Crippen molar-refractivity contribution < 1.29 is 9.53 Å². The molecule has 0 saturated carbocycles. The van der Waals surface area contributed by atoms with Crippen molar-refractivity contribution in [2.75, 3.05) is 19.0 Å². The Kier molecular flexibility index (Phi) is 4.09. The normalized spacial score (nSPS) is 10.3. The molecule has 0 aliphatic rings. The number of carbonyl (C=O) groups excluding carboxylic acids is 1. The third-order valence-electron chi connectivity index (χ3n) is 2.57. The number of rotatable bonds is 4. The van der Waals surface area contributed by atoms with Gasteiger partial charge in [-0.3, -0.25) is 4.57 Å². The molecule has 94 valence electrons. The number of hydrogen-bond donors (Lipinski definition) is 1. The minimum Gasteiger partial charge on any atom is -0.384 e. The molecular formula is C13H15N3O2. The van der Waals surface area contributed by atoms with Gasteiger partial charge in [-0.1, -0.05) is 18.2 Å². The summed E-state index contributed by atoms with van der Waals surface area (Å²) in [6.45, 7) is 0.623. The molecule has 5 heteroatoms. The van der Waals surface area contributed by atoms with Crippen molar-refractivity contribution in [3.8, 4) is 0 Å². The molecule has 0 aliphatic carbocycles. The number of anilines is 1. The molecule has 1 aromatic carbocycles. The Morgan fingerprint density at radius 1 is 1.44 bits per heavy atom. The second-order valence-electron chi connectivity index (χ2n) is 3.80.